The second kappa shape index (κ2) is 16.2. The molecule has 0 atom stereocenters. The van der Waals surface area contributed by atoms with Gasteiger partial charge in [0.25, 0.3) is 0 Å². The first kappa shape index (κ1) is 38.7. The fourth-order valence-electron chi connectivity index (χ4n) is 7.61. The molecule has 1 aliphatic carbocycles. The van der Waals surface area contributed by atoms with Crippen LogP contribution in [-0.2, 0) is 40.7 Å². The quantitative estimate of drug-likeness (QED) is 0.102. The number of hydrogen-bond donors (Lipinski definition) is 0. The van der Waals surface area contributed by atoms with Gasteiger partial charge in [-0.1, -0.05) is 38.4 Å². The van der Waals surface area contributed by atoms with Crippen molar-refractivity contribution in [2.24, 2.45) is 12.5 Å². The average Bonchev–Trinajstić information content (AvgIpc) is 3.56. The Bertz CT molecular complexity index is 2030. The van der Waals surface area contributed by atoms with Crippen LogP contribution in [0.15, 0.2) is 36.4 Å². The molecule has 1 fully saturated rings. The van der Waals surface area contributed by atoms with Gasteiger partial charge in [-0.05, 0) is 88.0 Å². The zero-order valence-electron chi connectivity index (χ0n) is 32.3. The Hall–Kier alpha value is -3.99. The lowest BCUT2D eigenvalue weighted by molar-refractivity contribution is -0.126. The summed E-state index contributed by atoms with van der Waals surface area (Å²) in [5.41, 5.74) is 7.21. The lowest BCUT2D eigenvalue weighted by Gasteiger charge is -2.32. The lowest BCUT2D eigenvalue weighted by atomic mass is 9.89. The second-order valence-corrected chi connectivity index (χ2v) is 15.9. The normalized spacial score (nSPS) is 15.5. The van der Waals surface area contributed by atoms with Gasteiger partial charge in [0, 0.05) is 85.9 Å². The number of Topliss-reactive ketones (excluding diaryl/α,β-unsaturated/α-hetero) is 1. The number of aromatic nitrogens is 3. The Kier molecular flexibility index (Phi) is 11.8. The van der Waals surface area contributed by atoms with E-state index in [0.717, 1.165) is 101 Å². The monoisotopic (exact) mass is 745 g/mol. The summed E-state index contributed by atoms with van der Waals surface area (Å²) in [6.45, 7) is 15.2. The molecule has 53 heavy (non-hydrogen) atoms. The predicted octanol–water partition coefficient (Wildman–Crippen LogP) is 7.80. The molecule has 4 aromatic rings. The van der Waals surface area contributed by atoms with Gasteiger partial charge in [-0.2, -0.15) is 5.10 Å². The van der Waals surface area contributed by atoms with Crippen molar-refractivity contribution in [3.05, 3.63) is 81.0 Å². The number of carbonyl (C=O) groups is 2. The van der Waals surface area contributed by atoms with Gasteiger partial charge >= 0.3 is 5.97 Å². The number of hydrogen-bond acceptors (Lipinski definition) is 7. The minimum absolute atomic E-state index is 0.0000651. The van der Waals surface area contributed by atoms with E-state index in [1.54, 1.807) is 12.1 Å². The van der Waals surface area contributed by atoms with Crippen LogP contribution in [0.25, 0.3) is 27.8 Å². The fraction of sp³-hybridized carbons (Fsp3) is 0.500. The average molecular weight is 746 g/mol. The maximum absolute atomic E-state index is 14.4. The lowest BCUT2D eigenvalue weighted by Crippen LogP contribution is -2.45. The number of esters is 1. The van der Waals surface area contributed by atoms with Gasteiger partial charge in [0.05, 0.1) is 29.4 Å². The molecule has 0 amide bonds. The van der Waals surface area contributed by atoms with Crippen molar-refractivity contribution < 1.29 is 23.5 Å². The summed E-state index contributed by atoms with van der Waals surface area (Å²) in [5.74, 6) is 0.106. The van der Waals surface area contributed by atoms with Crippen LogP contribution in [0, 0.1) is 25.1 Å². The van der Waals surface area contributed by atoms with Crippen molar-refractivity contribution >= 4 is 40.0 Å². The Balaban J connectivity index is 1.40. The first-order valence-electron chi connectivity index (χ1n) is 18.8. The number of fused-ring (bicyclic) bond motifs is 2. The zero-order chi connectivity index (χ0) is 38.0. The second-order valence-electron chi connectivity index (χ2n) is 15.5. The van der Waals surface area contributed by atoms with Gasteiger partial charge in [0.15, 0.2) is 0 Å². The Labute approximate surface area is 317 Å². The number of halogens is 2. The summed E-state index contributed by atoms with van der Waals surface area (Å²) in [4.78, 5) is 32.0. The van der Waals surface area contributed by atoms with Crippen molar-refractivity contribution in [3.63, 3.8) is 0 Å². The largest absolute Gasteiger partial charge is 0.493 e. The van der Waals surface area contributed by atoms with Crippen molar-refractivity contribution in [1.29, 1.82) is 0 Å². The number of rotatable bonds is 13. The molecule has 0 radical (unpaired) electrons. The SMILES string of the molecule is Cc1nn(C)c(C)c1-c1c(Cl)ccc2c(CCCOC3=CCCc4cc(F)ccc43)c(C(=O)OCCC(=O)C(C)(C)C)n(CCN3CCN(C)CC3)c12. The number of ether oxygens (including phenoxy) is 2. The molecule has 0 spiro atoms. The van der Waals surface area contributed by atoms with E-state index in [-0.39, 0.29) is 24.6 Å². The Morgan fingerprint density at radius 3 is 2.43 bits per heavy atom. The molecule has 2 aromatic carbocycles. The van der Waals surface area contributed by atoms with Crippen molar-refractivity contribution in [2.75, 3.05) is 53.0 Å². The summed E-state index contributed by atoms with van der Waals surface area (Å²) in [6, 6.07) is 8.77. The van der Waals surface area contributed by atoms with Crippen LogP contribution in [0.4, 0.5) is 4.39 Å². The van der Waals surface area contributed by atoms with E-state index in [0.29, 0.717) is 36.7 Å². The van der Waals surface area contributed by atoms with Crippen LogP contribution in [0.1, 0.15) is 78.6 Å². The molecule has 1 saturated heterocycles. The maximum Gasteiger partial charge on any atom is 0.355 e. The van der Waals surface area contributed by atoms with E-state index >= 15 is 0 Å². The third-order valence-electron chi connectivity index (χ3n) is 10.8. The minimum atomic E-state index is -0.525. The van der Waals surface area contributed by atoms with Crippen LogP contribution >= 0.6 is 11.6 Å². The first-order chi connectivity index (χ1) is 25.2. The highest BCUT2D eigenvalue weighted by molar-refractivity contribution is 6.35. The number of carbonyl (C=O) groups excluding carboxylic acids is 2. The zero-order valence-corrected chi connectivity index (χ0v) is 33.0. The molecule has 1 aliphatic heterocycles. The van der Waals surface area contributed by atoms with E-state index in [9.17, 15) is 14.0 Å². The van der Waals surface area contributed by atoms with Gasteiger partial charge in [0.2, 0.25) is 0 Å². The minimum Gasteiger partial charge on any atom is -0.493 e. The molecule has 9 nitrogen and oxygen atoms in total. The highest BCUT2D eigenvalue weighted by atomic mass is 35.5. The Morgan fingerprint density at radius 1 is 0.981 bits per heavy atom. The van der Waals surface area contributed by atoms with Crippen LogP contribution < -0.4 is 0 Å². The van der Waals surface area contributed by atoms with Gasteiger partial charge in [0.1, 0.15) is 23.1 Å². The van der Waals surface area contributed by atoms with E-state index in [4.69, 9.17) is 26.2 Å². The van der Waals surface area contributed by atoms with Crippen LogP contribution in [0.3, 0.4) is 0 Å². The predicted molar refractivity (Wildman–Crippen MR) is 209 cm³/mol. The number of piperazine rings is 1. The molecular formula is C42H53ClFN5O4. The summed E-state index contributed by atoms with van der Waals surface area (Å²) in [7, 11) is 4.07. The van der Waals surface area contributed by atoms with Crippen LogP contribution in [0.2, 0.25) is 5.02 Å². The van der Waals surface area contributed by atoms with Gasteiger partial charge in [-0.3, -0.25) is 14.4 Å². The molecule has 11 heteroatoms. The number of nitrogens with zero attached hydrogens (tertiary/aromatic N) is 5. The van der Waals surface area contributed by atoms with Gasteiger partial charge in [-0.25, -0.2) is 9.18 Å². The fourth-order valence-corrected chi connectivity index (χ4v) is 7.86. The summed E-state index contributed by atoms with van der Waals surface area (Å²) >= 11 is 7.12. The molecule has 0 saturated carbocycles. The smallest absolute Gasteiger partial charge is 0.355 e. The summed E-state index contributed by atoms with van der Waals surface area (Å²) in [6.07, 6.45) is 4.94. The number of likely N-dealkylation sites (N-methyl/N-ethyl adjacent to an activating group) is 1. The van der Waals surface area contributed by atoms with Crippen LogP contribution in [0.5, 0.6) is 0 Å². The third kappa shape index (κ3) is 8.40. The standard InChI is InChI=1S/C42H53ClFN5O4/c1-27-37(28(2)47(7)45-27)38-34(43)16-15-33-32(11-9-24-52-35-12-8-10-29-26-30(44)13-14-31(29)35)40(41(51)53-25-17-36(50)42(3,4)5)49(39(33)38)23-22-48-20-18-46(6)19-21-48/h12-16,26H,8-11,17-25H2,1-7H3. The maximum atomic E-state index is 14.4. The van der Waals surface area contributed by atoms with Gasteiger partial charge in [-0.15, -0.1) is 0 Å². The van der Waals surface area contributed by atoms with E-state index in [1.165, 1.54) is 6.07 Å². The molecule has 0 N–H and O–H groups in total. The molecule has 6 rings (SSSR count). The summed E-state index contributed by atoms with van der Waals surface area (Å²) < 4.78 is 30.2. The third-order valence-corrected chi connectivity index (χ3v) is 11.1. The number of aryl methyl sites for hydroxylation is 4. The van der Waals surface area contributed by atoms with E-state index < -0.39 is 11.4 Å². The first-order valence-corrected chi connectivity index (χ1v) is 19.2. The van der Waals surface area contributed by atoms with Gasteiger partial charge < -0.3 is 18.9 Å². The van der Waals surface area contributed by atoms with Crippen molar-refractivity contribution in [2.45, 2.75) is 73.3 Å². The molecule has 0 bridgehead atoms. The highest BCUT2D eigenvalue weighted by Crippen LogP contribution is 2.42. The molecule has 2 aliphatic rings. The van der Waals surface area contributed by atoms with E-state index in [1.807, 2.05) is 58.5 Å². The number of ketones is 1. The number of benzene rings is 2. The van der Waals surface area contributed by atoms with Crippen molar-refractivity contribution in [3.8, 4) is 11.1 Å². The molecule has 284 valence electrons. The molecule has 2 aromatic heterocycles. The van der Waals surface area contributed by atoms with E-state index in [2.05, 4.69) is 27.5 Å². The van der Waals surface area contributed by atoms with Crippen LogP contribution in [-0.4, -0.2) is 88.9 Å². The topological polar surface area (TPSA) is 81.8 Å². The molecule has 0 unspecified atom stereocenters. The Morgan fingerprint density at radius 2 is 1.74 bits per heavy atom. The summed E-state index contributed by atoms with van der Waals surface area (Å²) in [5, 5.41) is 6.24. The van der Waals surface area contributed by atoms with Crippen molar-refractivity contribution in [1.82, 2.24) is 24.1 Å². The number of allylic oxidation sites excluding steroid dienone is 1. The molecule has 3 heterocycles. The molecular weight excluding hydrogens is 693 g/mol. The highest BCUT2D eigenvalue weighted by Gasteiger charge is 2.30.